The first-order valence-corrected chi connectivity index (χ1v) is 22.6. The zero-order chi connectivity index (χ0) is 66.8. The maximum absolute atomic E-state index is 10.6. The molecule has 3 rings (SSSR count). The third kappa shape index (κ3) is 43.9. The van der Waals surface area contributed by atoms with Gasteiger partial charge in [0, 0.05) is 25.3 Å². The van der Waals surface area contributed by atoms with Gasteiger partial charge < -0.3 is 76.3 Å². The highest BCUT2D eigenvalue weighted by molar-refractivity contribution is 5.99. The van der Waals surface area contributed by atoms with E-state index in [-0.39, 0.29) is 41.7 Å². The highest BCUT2D eigenvalue weighted by atomic mass is 16.4. The Kier molecular flexibility index (Phi) is 42.7. The van der Waals surface area contributed by atoms with Gasteiger partial charge in [-0.1, -0.05) is 42.0 Å². The molecule has 0 saturated heterocycles. The summed E-state index contributed by atoms with van der Waals surface area (Å²) in [6.07, 6.45) is -4.53. The molecule has 3 aromatic carbocycles. The fourth-order valence-electron chi connectivity index (χ4n) is 5.15. The summed E-state index contributed by atoms with van der Waals surface area (Å²) in [5.41, 5.74) is -1.19. The highest BCUT2D eigenvalue weighted by Gasteiger charge is 2.39. The van der Waals surface area contributed by atoms with Crippen molar-refractivity contribution >= 4 is 101 Å². The molecule has 14 N–H and O–H groups in total. The topological polar surface area (TPSA) is 590 Å². The standard InChI is InChI=1S/C8H6O4.C8H8O2.2C7H10O6.C7H10O5.C7H8O5.C7H6O2.CO2/c9-7(10)5-2-1-3-6(4-5)8(11)12;1-6-2-4-7(5-3-6)8(9)10;1-4(8)2-7(13,6(11)12)3-5(9)10;1-3(8)6(11)4(7(12)13)2-5(9)10;2*1-4(8)2-5(7(11)12)3-6(9)10;8-7(9)6-4-2-1-3-5-6;2-1-3/h1-4H,(H,9,10)(H,11,12);2-5H,1H3,(H,9,10);13H,2-3H2,1H3,(H,9,10)(H,11,12);4,6,11H,2H2,1H3,(H,9,10)(H,12,13);5H,2-3H2,1H3,(H,9,10)(H,11,12);3H,2H2,1H3,(H,9,10)(H,11,12);1-5H,(H,8,9);/b;;;;;5-3-;;. The lowest BCUT2D eigenvalue weighted by Crippen LogP contribution is -2.42. The van der Waals surface area contributed by atoms with Crippen LogP contribution in [0, 0.1) is 18.8 Å². The van der Waals surface area contributed by atoms with Crippen LogP contribution in [0.3, 0.4) is 0 Å². The number of hydrogen-bond donors (Lipinski definition) is 14. The molecule has 0 amide bonds. The zero-order valence-electron chi connectivity index (χ0n) is 44.7. The molecule has 3 aromatic rings. The number of carboxylic acids is 12. The lowest BCUT2D eigenvalue weighted by atomic mass is 9.94. The minimum Gasteiger partial charge on any atom is -0.481 e. The van der Waals surface area contributed by atoms with Crippen LogP contribution in [0.4, 0.5) is 0 Å². The Labute approximate surface area is 472 Å². The van der Waals surface area contributed by atoms with Gasteiger partial charge in [-0.15, -0.1) is 0 Å². The Morgan fingerprint density at radius 2 is 0.893 bits per heavy atom. The van der Waals surface area contributed by atoms with E-state index in [4.69, 9.17) is 76.0 Å². The van der Waals surface area contributed by atoms with Gasteiger partial charge in [-0.05, 0) is 77.1 Å². The van der Waals surface area contributed by atoms with E-state index >= 15 is 0 Å². The second kappa shape index (κ2) is 43.8. The molecule has 0 radical (unpaired) electrons. The molecule has 4 unspecified atom stereocenters. The van der Waals surface area contributed by atoms with Crippen molar-refractivity contribution in [2.24, 2.45) is 11.8 Å². The summed E-state index contributed by atoms with van der Waals surface area (Å²) in [7, 11) is 0. The lowest BCUT2D eigenvalue weighted by molar-refractivity contribution is -0.192. The molecule has 458 valence electrons. The summed E-state index contributed by atoms with van der Waals surface area (Å²) in [6.45, 7) is 6.43. The fraction of sp³-hybridized carbons (Fsp3) is 0.288. The van der Waals surface area contributed by atoms with Crippen molar-refractivity contribution in [3.8, 4) is 0 Å². The number of carbonyl (C=O) groups is 16. The number of carboxylic acid groups (broad SMARTS) is 12. The second-order valence-electron chi connectivity index (χ2n) is 16.2. The SMILES string of the molecule is CC(=O)C(O)C(CC(=O)O)C(=O)O.CC(=O)C/C(=C/C(=O)O)C(=O)O.CC(=O)CC(CC(=O)O)C(=O)O.CC(=O)CC(O)(CC(=O)O)C(=O)O.Cc1ccc(C(=O)O)cc1.O=C(O)c1cccc(C(=O)O)c1.O=C(O)c1ccccc1.O=C=O. The van der Waals surface area contributed by atoms with Crippen molar-refractivity contribution in [2.75, 3.05) is 0 Å². The largest absolute Gasteiger partial charge is 0.481 e. The molecule has 0 aliphatic heterocycles. The highest BCUT2D eigenvalue weighted by Crippen LogP contribution is 2.16. The van der Waals surface area contributed by atoms with Crippen molar-refractivity contribution in [3.05, 3.63) is 118 Å². The van der Waals surface area contributed by atoms with E-state index in [2.05, 4.69) is 0 Å². The van der Waals surface area contributed by atoms with Crippen molar-refractivity contribution in [1.29, 1.82) is 0 Å². The Morgan fingerprint density at radius 3 is 1.17 bits per heavy atom. The molecule has 0 aliphatic rings. The molecule has 0 fully saturated rings. The molecule has 0 bridgehead atoms. The summed E-state index contributed by atoms with van der Waals surface area (Å²) < 4.78 is 0. The molecule has 0 aliphatic carbocycles. The van der Waals surface area contributed by atoms with E-state index in [1.165, 1.54) is 32.0 Å². The van der Waals surface area contributed by atoms with Crippen molar-refractivity contribution in [1.82, 2.24) is 0 Å². The van der Waals surface area contributed by atoms with E-state index in [1.54, 1.807) is 54.6 Å². The number of aliphatic hydroxyl groups excluding tert-OH is 1. The molecule has 0 spiro atoms. The van der Waals surface area contributed by atoms with Gasteiger partial charge in [-0.25, -0.2) is 33.6 Å². The zero-order valence-corrected chi connectivity index (χ0v) is 44.7. The first kappa shape index (κ1) is 81.9. The van der Waals surface area contributed by atoms with Crippen LogP contribution in [0.2, 0.25) is 0 Å². The predicted molar refractivity (Wildman–Crippen MR) is 274 cm³/mol. The van der Waals surface area contributed by atoms with Crippen molar-refractivity contribution < 1.29 is 158 Å². The Bertz CT molecular complexity index is 2790. The van der Waals surface area contributed by atoms with E-state index in [0.717, 1.165) is 25.5 Å². The van der Waals surface area contributed by atoms with Crippen LogP contribution in [0.15, 0.2) is 90.5 Å². The normalized spacial score (nSPS) is 11.3. The Hall–Kier alpha value is -11.0. The first-order chi connectivity index (χ1) is 38.5. The van der Waals surface area contributed by atoms with Gasteiger partial charge >= 0.3 is 77.8 Å². The average molecular weight is 1200 g/mol. The summed E-state index contributed by atoms with van der Waals surface area (Å²) in [4.78, 5) is 182. The molecule has 32 nitrogen and oxygen atoms in total. The number of carbonyl (C=O) groups excluding carboxylic acids is 6. The number of rotatable bonds is 23. The van der Waals surface area contributed by atoms with Crippen LogP contribution in [0.5, 0.6) is 0 Å². The van der Waals surface area contributed by atoms with Gasteiger partial charge in [0.25, 0.3) is 0 Å². The molecular formula is C52H58O32. The lowest BCUT2D eigenvalue weighted by Gasteiger charge is -2.19. The molecule has 4 atom stereocenters. The second-order valence-corrected chi connectivity index (χ2v) is 16.2. The molecule has 32 heteroatoms. The first-order valence-electron chi connectivity index (χ1n) is 22.6. The van der Waals surface area contributed by atoms with E-state index in [1.807, 2.05) is 6.92 Å². The molecule has 0 aromatic heterocycles. The Balaban J connectivity index is -0.000000287. The van der Waals surface area contributed by atoms with Crippen LogP contribution in [0.1, 0.15) is 113 Å². The quantitative estimate of drug-likeness (QED) is 0.0605. The van der Waals surface area contributed by atoms with Gasteiger partial charge in [-0.2, -0.15) is 9.59 Å². The number of aryl methyl sites for hydroxylation is 1. The minimum absolute atomic E-state index is 0.0186. The number of aliphatic carboxylic acids is 8. The Morgan fingerprint density at radius 1 is 0.488 bits per heavy atom. The average Bonchev–Trinajstić information content (AvgIpc) is 3.35. The monoisotopic (exact) mass is 1190 g/mol. The van der Waals surface area contributed by atoms with Gasteiger partial charge in [0.05, 0.1) is 53.0 Å². The smallest absolute Gasteiger partial charge is 0.373 e. The van der Waals surface area contributed by atoms with Gasteiger partial charge in [0.15, 0.2) is 11.4 Å². The summed E-state index contributed by atoms with van der Waals surface area (Å²) in [5.74, 6) is -19.9. The van der Waals surface area contributed by atoms with E-state index in [0.29, 0.717) is 17.2 Å². The molecular weight excluding hydrogens is 1140 g/mol. The fourth-order valence-corrected chi connectivity index (χ4v) is 5.15. The number of hydrogen-bond acceptors (Lipinski definition) is 20. The van der Waals surface area contributed by atoms with Crippen LogP contribution in [-0.2, 0) is 67.1 Å². The van der Waals surface area contributed by atoms with E-state index in [9.17, 15) is 81.8 Å². The van der Waals surface area contributed by atoms with Gasteiger partial charge in [-0.3, -0.25) is 38.4 Å². The maximum Gasteiger partial charge on any atom is 0.373 e. The number of benzene rings is 3. The number of ketones is 4. The third-order valence-corrected chi connectivity index (χ3v) is 8.88. The van der Waals surface area contributed by atoms with Gasteiger partial charge in [0.2, 0.25) is 0 Å². The molecule has 0 saturated carbocycles. The summed E-state index contributed by atoms with van der Waals surface area (Å²) >= 11 is 0. The van der Waals surface area contributed by atoms with Crippen LogP contribution in [-0.4, -0.2) is 184 Å². The summed E-state index contributed by atoms with van der Waals surface area (Å²) in [6, 6.07) is 20.2. The molecule has 84 heavy (non-hydrogen) atoms. The van der Waals surface area contributed by atoms with Crippen LogP contribution >= 0.6 is 0 Å². The van der Waals surface area contributed by atoms with Crippen LogP contribution in [0.25, 0.3) is 0 Å². The van der Waals surface area contributed by atoms with Crippen molar-refractivity contribution in [2.45, 2.75) is 84.8 Å². The minimum atomic E-state index is -2.49. The predicted octanol–water partition coefficient (Wildman–Crippen LogP) is 2.15. The van der Waals surface area contributed by atoms with Gasteiger partial charge in [0.1, 0.15) is 29.4 Å². The number of aliphatic hydroxyl groups is 2. The van der Waals surface area contributed by atoms with Crippen molar-refractivity contribution in [3.63, 3.8) is 0 Å². The third-order valence-electron chi connectivity index (χ3n) is 8.88. The summed E-state index contributed by atoms with van der Waals surface area (Å²) in [5, 5.41) is 119. The number of Topliss-reactive ketones (excluding diaryl/α,β-unsaturated/α-hetero) is 4. The molecule has 0 heterocycles. The number of aromatic carboxylic acids is 4. The maximum atomic E-state index is 10.6. The van der Waals surface area contributed by atoms with E-state index < -0.39 is 138 Å². The van der Waals surface area contributed by atoms with Crippen LogP contribution < -0.4 is 0 Å².